The summed E-state index contributed by atoms with van der Waals surface area (Å²) in [5, 5.41) is 2.97. The van der Waals surface area contributed by atoms with Gasteiger partial charge >= 0.3 is 6.09 Å². The maximum Gasteiger partial charge on any atom is 0.407 e. The van der Waals surface area contributed by atoms with Crippen molar-refractivity contribution in [1.29, 1.82) is 0 Å². The second-order valence-corrected chi connectivity index (χ2v) is 4.74. The number of nitrogens with one attached hydrogen (secondary N) is 1. The van der Waals surface area contributed by atoms with Gasteiger partial charge in [-0.05, 0) is 38.5 Å². The molecule has 2 aliphatic rings. The van der Waals surface area contributed by atoms with Gasteiger partial charge in [-0.25, -0.2) is 4.79 Å². The van der Waals surface area contributed by atoms with Crippen molar-refractivity contribution in [3.8, 4) is 0 Å². The summed E-state index contributed by atoms with van der Waals surface area (Å²) in [5.41, 5.74) is 0. The van der Waals surface area contributed by atoms with Crippen molar-refractivity contribution in [2.75, 3.05) is 0 Å². The summed E-state index contributed by atoms with van der Waals surface area (Å²) in [6.45, 7) is 3.75. The molecule has 0 heterocycles. The highest BCUT2D eigenvalue weighted by molar-refractivity contribution is 5.68. The molecule has 1 N–H and O–H groups in total. The van der Waals surface area contributed by atoms with Crippen LogP contribution in [0, 0.1) is 11.8 Å². The quantitative estimate of drug-likeness (QED) is 0.737. The molecule has 0 saturated heterocycles. The Labute approximate surface area is 85.2 Å². The van der Waals surface area contributed by atoms with Crippen molar-refractivity contribution >= 4 is 6.09 Å². The van der Waals surface area contributed by atoms with Gasteiger partial charge < -0.3 is 10.1 Å². The van der Waals surface area contributed by atoms with E-state index in [9.17, 15) is 4.79 Å². The lowest BCUT2D eigenvalue weighted by Gasteiger charge is -2.08. The van der Waals surface area contributed by atoms with E-state index in [1.54, 1.807) is 0 Å². The largest absolute Gasteiger partial charge is 0.447 e. The monoisotopic (exact) mass is 197 g/mol. The van der Waals surface area contributed by atoms with Gasteiger partial charge in [0.25, 0.3) is 0 Å². The van der Waals surface area contributed by atoms with Gasteiger partial charge in [0.15, 0.2) is 0 Å². The lowest BCUT2D eigenvalue weighted by molar-refractivity contribution is 0.114. The van der Waals surface area contributed by atoms with Crippen LogP contribution in [0.3, 0.4) is 0 Å². The average Bonchev–Trinajstić information content (AvgIpc) is 2.78. The standard InChI is InChI=1S/C11H19NO2/c1-7(2)14-11(13)12-10-8-5-3-4-6-9(8)10/h7-10H,3-6H2,1-2H3,(H,12,13). The zero-order valence-corrected chi connectivity index (χ0v) is 8.95. The fourth-order valence-electron chi connectivity index (χ4n) is 2.59. The van der Waals surface area contributed by atoms with Crippen molar-refractivity contribution in [1.82, 2.24) is 5.32 Å². The Morgan fingerprint density at radius 3 is 2.36 bits per heavy atom. The van der Waals surface area contributed by atoms with Gasteiger partial charge in [0.2, 0.25) is 0 Å². The van der Waals surface area contributed by atoms with Crippen LogP contribution in [0.2, 0.25) is 0 Å². The van der Waals surface area contributed by atoms with Crippen molar-refractivity contribution in [2.24, 2.45) is 11.8 Å². The molecule has 2 saturated carbocycles. The zero-order valence-electron chi connectivity index (χ0n) is 8.95. The van der Waals surface area contributed by atoms with Crippen LogP contribution in [0.5, 0.6) is 0 Å². The Kier molecular flexibility index (Phi) is 2.66. The third kappa shape index (κ3) is 2.02. The minimum absolute atomic E-state index is 0.0178. The molecule has 0 aromatic rings. The van der Waals surface area contributed by atoms with E-state index in [4.69, 9.17) is 4.74 Å². The van der Waals surface area contributed by atoms with Crippen LogP contribution >= 0.6 is 0 Å². The number of carbonyl (C=O) groups excluding carboxylic acids is 1. The molecule has 0 aliphatic heterocycles. The van der Waals surface area contributed by atoms with E-state index < -0.39 is 0 Å². The molecule has 80 valence electrons. The summed E-state index contributed by atoms with van der Waals surface area (Å²) in [6.07, 6.45) is 4.99. The first-order valence-electron chi connectivity index (χ1n) is 5.65. The fraction of sp³-hybridized carbons (Fsp3) is 0.909. The highest BCUT2D eigenvalue weighted by atomic mass is 16.6. The van der Waals surface area contributed by atoms with E-state index in [0.717, 1.165) is 11.8 Å². The minimum Gasteiger partial charge on any atom is -0.447 e. The highest BCUT2D eigenvalue weighted by Crippen LogP contribution is 2.49. The second kappa shape index (κ2) is 3.79. The van der Waals surface area contributed by atoms with Crippen LogP contribution < -0.4 is 5.32 Å². The molecule has 2 aliphatic carbocycles. The molecule has 0 aromatic carbocycles. The lowest BCUT2D eigenvalue weighted by atomic mass is 10.0. The summed E-state index contributed by atoms with van der Waals surface area (Å²) in [7, 11) is 0. The molecule has 2 rings (SSSR count). The van der Waals surface area contributed by atoms with Crippen LogP contribution in [0.1, 0.15) is 39.5 Å². The molecule has 2 unspecified atom stereocenters. The van der Waals surface area contributed by atoms with E-state index in [-0.39, 0.29) is 12.2 Å². The Balaban J connectivity index is 1.74. The van der Waals surface area contributed by atoms with Crippen LogP contribution in [0.15, 0.2) is 0 Å². The third-order valence-electron chi connectivity index (χ3n) is 3.28. The predicted molar refractivity (Wildman–Crippen MR) is 54.0 cm³/mol. The lowest BCUT2D eigenvalue weighted by Crippen LogP contribution is -2.30. The third-order valence-corrected chi connectivity index (χ3v) is 3.28. The van der Waals surface area contributed by atoms with Crippen molar-refractivity contribution in [2.45, 2.75) is 51.7 Å². The first-order chi connectivity index (χ1) is 6.68. The molecule has 2 atom stereocenters. The number of rotatable bonds is 2. The zero-order chi connectivity index (χ0) is 10.1. The molecule has 0 aromatic heterocycles. The van der Waals surface area contributed by atoms with Crippen LogP contribution in [0.25, 0.3) is 0 Å². The molecular formula is C11H19NO2. The minimum atomic E-state index is -0.237. The predicted octanol–water partition coefficient (Wildman–Crippen LogP) is 2.31. The number of alkyl carbamates (subject to hydrolysis) is 1. The molecule has 3 nitrogen and oxygen atoms in total. The van der Waals surface area contributed by atoms with Gasteiger partial charge in [-0.1, -0.05) is 12.8 Å². The SMILES string of the molecule is CC(C)OC(=O)NC1C2CCCCC21. The summed E-state index contributed by atoms with van der Waals surface area (Å²) in [6, 6.07) is 0.420. The Morgan fingerprint density at radius 1 is 1.29 bits per heavy atom. The second-order valence-electron chi connectivity index (χ2n) is 4.74. The Bertz CT molecular complexity index is 215. The molecule has 0 radical (unpaired) electrons. The van der Waals surface area contributed by atoms with Gasteiger partial charge in [-0.15, -0.1) is 0 Å². The average molecular weight is 197 g/mol. The number of fused-ring (bicyclic) bond motifs is 1. The maximum atomic E-state index is 11.3. The van der Waals surface area contributed by atoms with E-state index in [1.165, 1.54) is 25.7 Å². The highest BCUT2D eigenvalue weighted by Gasteiger charge is 2.51. The van der Waals surface area contributed by atoms with Gasteiger partial charge in [0, 0.05) is 6.04 Å². The molecule has 3 heteroatoms. The van der Waals surface area contributed by atoms with Gasteiger partial charge in [-0.3, -0.25) is 0 Å². The number of hydrogen-bond acceptors (Lipinski definition) is 2. The van der Waals surface area contributed by atoms with Crippen LogP contribution in [-0.4, -0.2) is 18.2 Å². The van der Waals surface area contributed by atoms with Crippen molar-refractivity contribution in [3.05, 3.63) is 0 Å². The van der Waals surface area contributed by atoms with E-state index in [0.29, 0.717) is 6.04 Å². The molecule has 1 amide bonds. The van der Waals surface area contributed by atoms with Crippen molar-refractivity contribution in [3.63, 3.8) is 0 Å². The Morgan fingerprint density at radius 2 is 1.86 bits per heavy atom. The van der Waals surface area contributed by atoms with Crippen LogP contribution in [-0.2, 0) is 4.74 Å². The van der Waals surface area contributed by atoms with E-state index >= 15 is 0 Å². The topological polar surface area (TPSA) is 38.3 Å². The first kappa shape index (κ1) is 9.81. The summed E-state index contributed by atoms with van der Waals surface area (Å²) >= 11 is 0. The molecular weight excluding hydrogens is 178 g/mol. The number of hydrogen-bond donors (Lipinski definition) is 1. The number of carbonyl (C=O) groups is 1. The number of amides is 1. The maximum absolute atomic E-state index is 11.3. The molecule has 2 fully saturated rings. The fourth-order valence-corrected chi connectivity index (χ4v) is 2.59. The van der Waals surface area contributed by atoms with Gasteiger partial charge in [0.05, 0.1) is 6.10 Å². The van der Waals surface area contributed by atoms with E-state index in [1.807, 2.05) is 13.8 Å². The summed E-state index contributed by atoms with van der Waals surface area (Å²) in [5.74, 6) is 1.51. The molecule has 0 bridgehead atoms. The summed E-state index contributed by atoms with van der Waals surface area (Å²) in [4.78, 5) is 11.3. The Hall–Kier alpha value is -0.730. The normalized spacial score (nSPS) is 34.9. The van der Waals surface area contributed by atoms with Crippen LogP contribution in [0.4, 0.5) is 4.79 Å². The first-order valence-corrected chi connectivity index (χ1v) is 5.65. The molecule has 14 heavy (non-hydrogen) atoms. The summed E-state index contributed by atoms with van der Waals surface area (Å²) < 4.78 is 5.06. The molecule has 0 spiro atoms. The van der Waals surface area contributed by atoms with Gasteiger partial charge in [0.1, 0.15) is 0 Å². The number of ether oxygens (including phenoxy) is 1. The van der Waals surface area contributed by atoms with E-state index in [2.05, 4.69) is 5.32 Å². The van der Waals surface area contributed by atoms with Gasteiger partial charge in [-0.2, -0.15) is 0 Å². The van der Waals surface area contributed by atoms with Crippen molar-refractivity contribution < 1.29 is 9.53 Å². The smallest absolute Gasteiger partial charge is 0.407 e.